The molecule has 120 valence electrons. The number of hydrogen-bond donors (Lipinski definition) is 2. The van der Waals surface area contributed by atoms with Crippen LogP contribution >= 0.6 is 23.4 Å². The summed E-state index contributed by atoms with van der Waals surface area (Å²) in [5.74, 6) is -0.00379. The maximum atomic E-state index is 12.1. The zero-order valence-electron chi connectivity index (χ0n) is 12.9. The Kier molecular flexibility index (Phi) is 6.07. The molecule has 23 heavy (non-hydrogen) atoms. The first-order valence-electron chi connectivity index (χ1n) is 7.01. The summed E-state index contributed by atoms with van der Waals surface area (Å²) < 4.78 is 0. The molecule has 2 rings (SSSR count). The molecule has 0 unspecified atom stereocenters. The highest BCUT2D eigenvalue weighted by Gasteiger charge is 2.09. The number of thioether (sulfide) groups is 1. The molecule has 2 aromatic carbocycles. The van der Waals surface area contributed by atoms with E-state index >= 15 is 0 Å². The standard InChI is InChI=1S/C17H17ClN2O2S/c1-11-9-13(18)7-8-14(11)20-17(22)10-23-16-6-4-3-5-15(16)19-12(2)21/h3-9H,10H2,1-2H3,(H,19,21)(H,20,22). The Balaban J connectivity index is 1.98. The Morgan fingerprint density at radius 2 is 1.83 bits per heavy atom. The summed E-state index contributed by atoms with van der Waals surface area (Å²) in [6, 6.07) is 12.7. The van der Waals surface area contributed by atoms with Crippen molar-refractivity contribution < 1.29 is 9.59 Å². The summed E-state index contributed by atoms with van der Waals surface area (Å²) in [4.78, 5) is 24.2. The lowest BCUT2D eigenvalue weighted by Gasteiger charge is -2.11. The molecule has 2 amide bonds. The summed E-state index contributed by atoms with van der Waals surface area (Å²) in [6.45, 7) is 3.35. The lowest BCUT2D eigenvalue weighted by Crippen LogP contribution is -2.15. The molecule has 0 spiro atoms. The van der Waals surface area contributed by atoms with Crippen LogP contribution in [0.15, 0.2) is 47.4 Å². The zero-order valence-corrected chi connectivity index (χ0v) is 14.4. The van der Waals surface area contributed by atoms with Crippen molar-refractivity contribution in [3.63, 3.8) is 0 Å². The Labute approximate surface area is 144 Å². The monoisotopic (exact) mass is 348 g/mol. The molecule has 0 aromatic heterocycles. The van der Waals surface area contributed by atoms with Gasteiger partial charge in [0.2, 0.25) is 11.8 Å². The molecule has 0 radical (unpaired) electrons. The van der Waals surface area contributed by atoms with Gasteiger partial charge in [-0.3, -0.25) is 9.59 Å². The highest BCUT2D eigenvalue weighted by Crippen LogP contribution is 2.27. The highest BCUT2D eigenvalue weighted by molar-refractivity contribution is 8.00. The number of halogens is 1. The average molecular weight is 349 g/mol. The first-order valence-corrected chi connectivity index (χ1v) is 8.37. The lowest BCUT2D eigenvalue weighted by atomic mass is 10.2. The molecular formula is C17H17ClN2O2S. The van der Waals surface area contributed by atoms with E-state index in [1.165, 1.54) is 18.7 Å². The zero-order chi connectivity index (χ0) is 16.8. The Morgan fingerprint density at radius 3 is 2.52 bits per heavy atom. The Hall–Kier alpha value is -1.98. The fraction of sp³-hybridized carbons (Fsp3) is 0.176. The average Bonchev–Trinajstić information content (AvgIpc) is 2.49. The van der Waals surface area contributed by atoms with Crippen LogP contribution in [-0.2, 0) is 9.59 Å². The smallest absolute Gasteiger partial charge is 0.234 e. The van der Waals surface area contributed by atoms with Crippen molar-refractivity contribution in [3.05, 3.63) is 53.1 Å². The predicted octanol–water partition coefficient (Wildman–Crippen LogP) is 4.34. The fourth-order valence-electron chi connectivity index (χ4n) is 1.98. The van der Waals surface area contributed by atoms with Crippen molar-refractivity contribution >= 4 is 46.6 Å². The summed E-state index contributed by atoms with van der Waals surface area (Å²) >= 11 is 7.27. The molecule has 2 aromatic rings. The van der Waals surface area contributed by atoms with Gasteiger partial charge in [0, 0.05) is 22.5 Å². The van der Waals surface area contributed by atoms with Crippen molar-refractivity contribution in [1.29, 1.82) is 0 Å². The molecule has 0 aliphatic rings. The topological polar surface area (TPSA) is 58.2 Å². The van der Waals surface area contributed by atoms with Gasteiger partial charge < -0.3 is 10.6 Å². The van der Waals surface area contributed by atoms with Crippen LogP contribution in [0.1, 0.15) is 12.5 Å². The minimum absolute atomic E-state index is 0.113. The highest BCUT2D eigenvalue weighted by atomic mass is 35.5. The number of hydrogen-bond acceptors (Lipinski definition) is 3. The third-order valence-corrected chi connectivity index (χ3v) is 4.33. The van der Waals surface area contributed by atoms with E-state index < -0.39 is 0 Å². The Bertz CT molecular complexity index is 734. The van der Waals surface area contributed by atoms with Gasteiger partial charge in [-0.05, 0) is 42.8 Å². The van der Waals surface area contributed by atoms with Gasteiger partial charge in [-0.15, -0.1) is 11.8 Å². The number of carbonyl (C=O) groups is 2. The van der Waals surface area contributed by atoms with Crippen LogP contribution in [-0.4, -0.2) is 17.6 Å². The number of aryl methyl sites for hydroxylation is 1. The van der Waals surface area contributed by atoms with Crippen molar-refractivity contribution in [3.8, 4) is 0 Å². The van der Waals surface area contributed by atoms with Crippen molar-refractivity contribution in [2.24, 2.45) is 0 Å². The number of carbonyl (C=O) groups excluding carboxylic acids is 2. The third kappa shape index (κ3) is 5.30. The van der Waals surface area contributed by atoms with Gasteiger partial charge in [-0.2, -0.15) is 0 Å². The van der Waals surface area contributed by atoms with Crippen LogP contribution in [0.5, 0.6) is 0 Å². The van der Waals surface area contributed by atoms with E-state index in [-0.39, 0.29) is 17.6 Å². The summed E-state index contributed by atoms with van der Waals surface area (Å²) in [5, 5.41) is 6.26. The largest absolute Gasteiger partial charge is 0.325 e. The predicted molar refractivity (Wildman–Crippen MR) is 96.3 cm³/mol. The molecule has 0 aliphatic carbocycles. The number of anilines is 2. The van der Waals surface area contributed by atoms with Crippen molar-refractivity contribution in [1.82, 2.24) is 0 Å². The second kappa shape index (κ2) is 8.04. The number of rotatable bonds is 5. The van der Waals surface area contributed by atoms with Crippen LogP contribution in [0.25, 0.3) is 0 Å². The van der Waals surface area contributed by atoms with E-state index in [0.29, 0.717) is 10.7 Å². The molecular weight excluding hydrogens is 332 g/mol. The van der Waals surface area contributed by atoms with E-state index in [4.69, 9.17) is 11.6 Å². The van der Waals surface area contributed by atoms with Crippen LogP contribution in [0.4, 0.5) is 11.4 Å². The van der Waals surface area contributed by atoms with Crippen LogP contribution in [0, 0.1) is 6.92 Å². The van der Waals surface area contributed by atoms with Gasteiger partial charge >= 0.3 is 0 Å². The second-order valence-electron chi connectivity index (χ2n) is 4.97. The van der Waals surface area contributed by atoms with Crippen LogP contribution in [0.2, 0.25) is 5.02 Å². The molecule has 0 aliphatic heterocycles. The normalized spacial score (nSPS) is 10.2. The SMILES string of the molecule is CC(=O)Nc1ccccc1SCC(=O)Nc1ccc(Cl)cc1C. The molecule has 0 atom stereocenters. The van der Waals surface area contributed by atoms with E-state index in [1.54, 1.807) is 18.2 Å². The van der Waals surface area contributed by atoms with Crippen molar-refractivity contribution in [2.45, 2.75) is 18.7 Å². The maximum absolute atomic E-state index is 12.1. The number of nitrogens with one attached hydrogen (secondary N) is 2. The fourth-order valence-corrected chi connectivity index (χ4v) is 3.02. The number of para-hydroxylation sites is 1. The first-order chi connectivity index (χ1) is 11.0. The van der Waals surface area contributed by atoms with Gasteiger partial charge in [0.15, 0.2) is 0 Å². The summed E-state index contributed by atoms with van der Waals surface area (Å²) in [7, 11) is 0. The molecule has 4 nitrogen and oxygen atoms in total. The van der Waals surface area contributed by atoms with Gasteiger partial charge in [-0.25, -0.2) is 0 Å². The van der Waals surface area contributed by atoms with Crippen molar-refractivity contribution in [2.75, 3.05) is 16.4 Å². The van der Waals surface area contributed by atoms with E-state index in [1.807, 2.05) is 31.2 Å². The number of benzene rings is 2. The van der Waals surface area contributed by atoms with E-state index in [0.717, 1.165) is 16.1 Å². The summed E-state index contributed by atoms with van der Waals surface area (Å²) in [5.41, 5.74) is 2.37. The van der Waals surface area contributed by atoms with Crippen LogP contribution in [0.3, 0.4) is 0 Å². The quantitative estimate of drug-likeness (QED) is 0.790. The van der Waals surface area contributed by atoms with E-state index in [9.17, 15) is 9.59 Å². The molecule has 0 saturated heterocycles. The van der Waals surface area contributed by atoms with Crippen LogP contribution < -0.4 is 10.6 Å². The van der Waals surface area contributed by atoms with Gasteiger partial charge in [0.1, 0.15) is 0 Å². The first kappa shape index (κ1) is 17.4. The number of amides is 2. The summed E-state index contributed by atoms with van der Waals surface area (Å²) in [6.07, 6.45) is 0. The minimum atomic E-state index is -0.140. The molecule has 0 fully saturated rings. The van der Waals surface area contributed by atoms with Gasteiger partial charge in [0.05, 0.1) is 11.4 Å². The second-order valence-corrected chi connectivity index (χ2v) is 6.43. The molecule has 0 bridgehead atoms. The lowest BCUT2D eigenvalue weighted by molar-refractivity contribution is -0.114. The van der Waals surface area contributed by atoms with Gasteiger partial charge in [-0.1, -0.05) is 23.7 Å². The van der Waals surface area contributed by atoms with Gasteiger partial charge in [0.25, 0.3) is 0 Å². The molecule has 0 heterocycles. The minimum Gasteiger partial charge on any atom is -0.325 e. The maximum Gasteiger partial charge on any atom is 0.234 e. The molecule has 0 saturated carbocycles. The third-order valence-electron chi connectivity index (χ3n) is 3.02. The molecule has 2 N–H and O–H groups in total. The molecule has 6 heteroatoms. The Morgan fingerprint density at radius 1 is 1.09 bits per heavy atom. The van der Waals surface area contributed by atoms with E-state index in [2.05, 4.69) is 10.6 Å².